The molecule has 1 saturated heterocycles. The lowest BCUT2D eigenvalue weighted by molar-refractivity contribution is -0.137. The van der Waals surface area contributed by atoms with Gasteiger partial charge in [-0.05, 0) is 56.4 Å². The number of unbranched alkanes of at least 4 members (excludes halogenated alkanes) is 1. The molecule has 6 nitrogen and oxygen atoms in total. The van der Waals surface area contributed by atoms with E-state index in [2.05, 4.69) is 5.32 Å². The van der Waals surface area contributed by atoms with E-state index < -0.39 is 11.9 Å². The van der Waals surface area contributed by atoms with E-state index >= 15 is 0 Å². The second-order valence-corrected chi connectivity index (χ2v) is 6.24. The van der Waals surface area contributed by atoms with Gasteiger partial charge in [0.05, 0.1) is 0 Å². The molecular formula is C18H24N2O4. The van der Waals surface area contributed by atoms with Crippen LogP contribution in [0.5, 0.6) is 0 Å². The topological polar surface area (TPSA) is 86.7 Å². The summed E-state index contributed by atoms with van der Waals surface area (Å²) in [7, 11) is 0. The minimum absolute atomic E-state index is 0.0960. The van der Waals surface area contributed by atoms with Gasteiger partial charge in [0.1, 0.15) is 5.92 Å². The number of carbonyl (C=O) groups is 3. The van der Waals surface area contributed by atoms with Crippen molar-refractivity contribution >= 4 is 23.5 Å². The number of nitrogens with zero attached hydrogens (tertiary/aromatic N) is 1. The third kappa shape index (κ3) is 4.34. The molecule has 0 spiro atoms. The van der Waals surface area contributed by atoms with Crippen molar-refractivity contribution in [1.82, 2.24) is 5.32 Å². The van der Waals surface area contributed by atoms with Crippen molar-refractivity contribution in [3.8, 4) is 0 Å². The molecule has 1 fully saturated rings. The number of benzene rings is 1. The van der Waals surface area contributed by atoms with Crippen LogP contribution in [0.2, 0.25) is 0 Å². The number of rotatable bonds is 7. The van der Waals surface area contributed by atoms with E-state index in [1.807, 2.05) is 32.0 Å². The number of nitrogens with one attached hydrogen (secondary N) is 1. The number of aryl methyl sites for hydroxylation is 2. The maximum Gasteiger partial charge on any atom is 0.303 e. The summed E-state index contributed by atoms with van der Waals surface area (Å²) in [5.41, 5.74) is 3.12. The molecule has 0 aliphatic carbocycles. The number of amides is 2. The Kier molecular flexibility index (Phi) is 5.95. The third-order valence-electron chi connectivity index (χ3n) is 4.44. The highest BCUT2D eigenvalue weighted by atomic mass is 16.4. The summed E-state index contributed by atoms with van der Waals surface area (Å²) in [5.74, 6) is -1.91. The molecule has 2 N–H and O–H groups in total. The molecule has 6 heteroatoms. The van der Waals surface area contributed by atoms with E-state index in [9.17, 15) is 14.4 Å². The zero-order valence-corrected chi connectivity index (χ0v) is 14.2. The SMILES string of the molecule is Cc1ccc(N2CCC(C(=O)NCCCCC(=O)O)C2=O)cc1C. The largest absolute Gasteiger partial charge is 0.481 e. The first kappa shape index (κ1) is 18.0. The molecule has 1 aromatic carbocycles. The fourth-order valence-corrected chi connectivity index (χ4v) is 2.81. The van der Waals surface area contributed by atoms with Crippen LogP contribution in [0.25, 0.3) is 0 Å². The van der Waals surface area contributed by atoms with Gasteiger partial charge in [0.2, 0.25) is 11.8 Å². The second kappa shape index (κ2) is 7.95. The molecule has 2 amide bonds. The van der Waals surface area contributed by atoms with E-state index in [-0.39, 0.29) is 18.2 Å². The molecule has 1 atom stereocenters. The highest BCUT2D eigenvalue weighted by Gasteiger charge is 2.37. The van der Waals surface area contributed by atoms with Gasteiger partial charge < -0.3 is 15.3 Å². The Morgan fingerprint density at radius 1 is 1.25 bits per heavy atom. The average molecular weight is 332 g/mol. The van der Waals surface area contributed by atoms with Crippen LogP contribution in [0.4, 0.5) is 5.69 Å². The van der Waals surface area contributed by atoms with Gasteiger partial charge in [-0.3, -0.25) is 14.4 Å². The molecule has 130 valence electrons. The maximum atomic E-state index is 12.5. The quantitative estimate of drug-likeness (QED) is 0.591. The van der Waals surface area contributed by atoms with Gasteiger partial charge in [0.15, 0.2) is 0 Å². The van der Waals surface area contributed by atoms with Gasteiger partial charge >= 0.3 is 5.97 Å². The molecule has 0 aromatic heterocycles. The molecule has 1 aromatic rings. The Balaban J connectivity index is 1.87. The molecule has 1 aliphatic heterocycles. The summed E-state index contributed by atoms with van der Waals surface area (Å²) in [6.45, 7) is 4.96. The summed E-state index contributed by atoms with van der Waals surface area (Å²) in [6.07, 6.45) is 1.72. The summed E-state index contributed by atoms with van der Waals surface area (Å²) >= 11 is 0. The molecular weight excluding hydrogens is 308 g/mol. The first-order valence-corrected chi connectivity index (χ1v) is 8.28. The minimum Gasteiger partial charge on any atom is -0.481 e. The van der Waals surface area contributed by atoms with E-state index in [1.54, 1.807) is 4.90 Å². The first-order chi connectivity index (χ1) is 11.4. The molecule has 1 unspecified atom stereocenters. The predicted octanol–water partition coefficient (Wildman–Crippen LogP) is 2.03. The Labute approximate surface area is 141 Å². The van der Waals surface area contributed by atoms with E-state index in [1.165, 1.54) is 5.56 Å². The Bertz CT molecular complexity index is 642. The lowest BCUT2D eigenvalue weighted by Crippen LogP contribution is -2.37. The molecule has 24 heavy (non-hydrogen) atoms. The van der Waals surface area contributed by atoms with E-state index in [0.717, 1.165) is 11.3 Å². The predicted molar refractivity (Wildman–Crippen MR) is 90.9 cm³/mol. The highest BCUT2D eigenvalue weighted by Crippen LogP contribution is 2.27. The van der Waals surface area contributed by atoms with Gasteiger partial charge in [-0.2, -0.15) is 0 Å². The van der Waals surface area contributed by atoms with Gasteiger partial charge in [0.25, 0.3) is 0 Å². The summed E-state index contributed by atoms with van der Waals surface area (Å²) < 4.78 is 0. The van der Waals surface area contributed by atoms with E-state index in [0.29, 0.717) is 32.4 Å². The fraction of sp³-hybridized carbons (Fsp3) is 0.500. The zero-order chi connectivity index (χ0) is 17.7. The fourth-order valence-electron chi connectivity index (χ4n) is 2.81. The monoisotopic (exact) mass is 332 g/mol. The van der Waals surface area contributed by atoms with Crippen molar-refractivity contribution in [2.45, 2.75) is 39.5 Å². The van der Waals surface area contributed by atoms with Crippen molar-refractivity contribution < 1.29 is 19.5 Å². The molecule has 1 aliphatic rings. The lowest BCUT2D eigenvalue weighted by Gasteiger charge is -2.18. The van der Waals surface area contributed by atoms with Gasteiger partial charge in [-0.1, -0.05) is 6.07 Å². The molecule has 0 bridgehead atoms. The number of anilines is 1. The van der Waals surface area contributed by atoms with Crippen molar-refractivity contribution in [1.29, 1.82) is 0 Å². The summed E-state index contributed by atoms with van der Waals surface area (Å²) in [6, 6.07) is 5.86. The van der Waals surface area contributed by atoms with Crippen LogP contribution in [-0.4, -0.2) is 36.0 Å². The van der Waals surface area contributed by atoms with Crippen molar-refractivity contribution in [2.24, 2.45) is 5.92 Å². The summed E-state index contributed by atoms with van der Waals surface area (Å²) in [4.78, 5) is 36.8. The Hall–Kier alpha value is -2.37. The van der Waals surface area contributed by atoms with Crippen LogP contribution in [0.1, 0.15) is 36.8 Å². The van der Waals surface area contributed by atoms with Crippen molar-refractivity contribution in [3.05, 3.63) is 29.3 Å². The van der Waals surface area contributed by atoms with E-state index in [4.69, 9.17) is 5.11 Å². The Morgan fingerprint density at radius 3 is 2.67 bits per heavy atom. The smallest absolute Gasteiger partial charge is 0.303 e. The normalized spacial score (nSPS) is 17.2. The average Bonchev–Trinajstić information content (AvgIpc) is 2.91. The summed E-state index contributed by atoms with van der Waals surface area (Å²) in [5, 5.41) is 11.3. The minimum atomic E-state index is -0.837. The number of carboxylic acid groups (broad SMARTS) is 1. The number of aliphatic carboxylic acids is 1. The number of hydrogen-bond donors (Lipinski definition) is 2. The second-order valence-electron chi connectivity index (χ2n) is 6.24. The van der Waals surface area contributed by atoms with Crippen LogP contribution < -0.4 is 10.2 Å². The van der Waals surface area contributed by atoms with Gasteiger partial charge in [-0.25, -0.2) is 0 Å². The molecule has 0 radical (unpaired) electrons. The first-order valence-electron chi connectivity index (χ1n) is 8.28. The zero-order valence-electron chi connectivity index (χ0n) is 14.2. The van der Waals surface area contributed by atoms with Crippen LogP contribution in [0.15, 0.2) is 18.2 Å². The van der Waals surface area contributed by atoms with Crippen molar-refractivity contribution in [3.63, 3.8) is 0 Å². The van der Waals surface area contributed by atoms with Crippen LogP contribution in [0.3, 0.4) is 0 Å². The lowest BCUT2D eigenvalue weighted by atomic mass is 10.1. The van der Waals surface area contributed by atoms with Crippen LogP contribution in [0, 0.1) is 19.8 Å². The number of carboxylic acids is 1. The number of hydrogen-bond acceptors (Lipinski definition) is 3. The number of carbonyl (C=O) groups excluding carboxylic acids is 2. The van der Waals surface area contributed by atoms with Gasteiger partial charge in [-0.15, -0.1) is 0 Å². The third-order valence-corrected chi connectivity index (χ3v) is 4.44. The maximum absolute atomic E-state index is 12.5. The highest BCUT2D eigenvalue weighted by molar-refractivity contribution is 6.09. The van der Waals surface area contributed by atoms with Crippen molar-refractivity contribution in [2.75, 3.05) is 18.0 Å². The van der Waals surface area contributed by atoms with Crippen LogP contribution in [-0.2, 0) is 14.4 Å². The standard InChI is InChI=1S/C18H24N2O4/c1-12-6-7-14(11-13(12)2)20-10-8-15(18(20)24)17(23)19-9-4-3-5-16(21)22/h6-7,11,15H,3-5,8-10H2,1-2H3,(H,19,23)(H,21,22). The van der Waals surface area contributed by atoms with Gasteiger partial charge in [0, 0.05) is 25.2 Å². The molecule has 2 rings (SSSR count). The van der Waals surface area contributed by atoms with Crippen LogP contribution >= 0.6 is 0 Å². The molecule has 0 saturated carbocycles. The molecule has 1 heterocycles. The Morgan fingerprint density at radius 2 is 2.00 bits per heavy atom.